The minimum Gasteiger partial charge on any atom is -0.194 e. The van der Waals surface area contributed by atoms with E-state index >= 15 is 0 Å². The zero-order valence-corrected chi connectivity index (χ0v) is 12.3. The molecule has 0 spiro atoms. The van der Waals surface area contributed by atoms with Gasteiger partial charge in [-0.1, -0.05) is 69.6 Å². The van der Waals surface area contributed by atoms with Gasteiger partial charge in [0.1, 0.15) is 0 Å². The van der Waals surface area contributed by atoms with Gasteiger partial charge in [-0.25, -0.2) is 0 Å². The van der Waals surface area contributed by atoms with Crippen molar-refractivity contribution in [3.05, 3.63) is 0 Å². The number of hydrogen-bond donors (Lipinski definition) is 0. The Morgan fingerprint density at radius 1 is 0.667 bits per heavy atom. The molecule has 0 unspecified atom stereocenters. The zero-order valence-electron chi connectivity index (χ0n) is 6.13. The summed E-state index contributed by atoms with van der Waals surface area (Å²) in [5.74, 6) is 0. The van der Waals surface area contributed by atoms with Crippen LogP contribution in [0.5, 0.6) is 0 Å². The van der Waals surface area contributed by atoms with E-state index in [1.807, 2.05) is 0 Å². The highest BCUT2D eigenvalue weighted by molar-refractivity contribution is 8.05. The number of hydrogen-bond acceptors (Lipinski definition) is 5. The molecule has 0 fully saturated rings. The average molecular weight is 381 g/mol. The van der Waals surface area contributed by atoms with E-state index < -0.39 is 26.5 Å². The fourth-order valence-corrected chi connectivity index (χ4v) is 3.14. The summed E-state index contributed by atoms with van der Waals surface area (Å²) >= 11 is 29.4. The van der Waals surface area contributed by atoms with Gasteiger partial charge in [-0.15, -0.1) is 3.63 Å². The maximum atomic E-state index is 10.9. The minimum absolute atomic E-state index is 3.02. The molecule has 0 bridgehead atoms. The molecular formula is C2Cl6O5S2. The van der Waals surface area contributed by atoms with Crippen molar-refractivity contribution in [2.45, 2.75) is 6.25 Å². The molecule has 0 aliphatic rings. The van der Waals surface area contributed by atoms with Crippen LogP contribution in [0.3, 0.4) is 0 Å². The molecule has 0 aromatic rings. The molecule has 13 heteroatoms. The summed E-state index contributed by atoms with van der Waals surface area (Å²) in [6, 6.07) is 0. The van der Waals surface area contributed by atoms with Gasteiger partial charge in [0, 0.05) is 0 Å². The summed E-state index contributed by atoms with van der Waals surface area (Å²) in [6.45, 7) is 0. The smallest absolute Gasteiger partial charge is 0.194 e. The second kappa shape index (κ2) is 4.70. The largest absolute Gasteiger partial charge is 0.331 e. The van der Waals surface area contributed by atoms with Crippen LogP contribution in [-0.2, 0) is 23.9 Å². The molecule has 0 rings (SSSR count). The summed E-state index contributed by atoms with van der Waals surface area (Å²) in [7, 11) is -10.2. The van der Waals surface area contributed by atoms with E-state index in [-0.39, 0.29) is 0 Å². The van der Waals surface area contributed by atoms with Gasteiger partial charge in [0.05, 0.1) is 0 Å². The lowest BCUT2D eigenvalue weighted by Gasteiger charge is -2.15. The lowest BCUT2D eigenvalue weighted by atomic mass is 11.8. The van der Waals surface area contributed by atoms with Crippen molar-refractivity contribution < 1.29 is 20.5 Å². The molecule has 0 aliphatic carbocycles. The third kappa shape index (κ3) is 4.40. The van der Waals surface area contributed by atoms with E-state index in [1.165, 1.54) is 0 Å². The predicted molar refractivity (Wildman–Crippen MR) is 59.5 cm³/mol. The normalized spacial score (nSPS) is 15.3. The third-order valence-corrected chi connectivity index (χ3v) is 6.71. The minimum atomic E-state index is -5.08. The highest BCUT2D eigenvalue weighted by Crippen LogP contribution is 2.40. The maximum Gasteiger partial charge on any atom is 0.331 e. The first kappa shape index (κ1) is 16.6. The van der Waals surface area contributed by atoms with Crippen LogP contribution in [0.25, 0.3) is 0 Å². The first-order chi connectivity index (χ1) is 6.21. The summed E-state index contributed by atoms with van der Waals surface area (Å²) in [5.41, 5.74) is 0. The number of rotatable bonds is 2. The van der Waals surface area contributed by atoms with Crippen LogP contribution in [0.2, 0.25) is 0 Å². The van der Waals surface area contributed by atoms with Crippen LogP contribution in [-0.4, -0.2) is 23.1 Å². The Hall–Kier alpha value is 1.60. The van der Waals surface area contributed by atoms with Gasteiger partial charge in [-0.05, 0) is 0 Å². The fourth-order valence-electron chi connectivity index (χ4n) is 0.195. The van der Waals surface area contributed by atoms with Crippen molar-refractivity contribution in [2.75, 3.05) is 0 Å². The van der Waals surface area contributed by atoms with E-state index in [4.69, 9.17) is 69.6 Å². The van der Waals surface area contributed by atoms with Gasteiger partial charge >= 0.3 is 26.5 Å². The molecule has 0 saturated heterocycles. The van der Waals surface area contributed by atoms with Crippen LogP contribution < -0.4 is 0 Å². The van der Waals surface area contributed by atoms with E-state index in [1.54, 1.807) is 0 Å². The second-order valence-corrected chi connectivity index (χ2v) is 11.4. The molecule has 0 N–H and O–H groups in total. The van der Waals surface area contributed by atoms with Crippen molar-refractivity contribution in [1.29, 1.82) is 0 Å². The van der Waals surface area contributed by atoms with Crippen LogP contribution >= 0.6 is 69.6 Å². The molecule has 0 aromatic heterocycles. The van der Waals surface area contributed by atoms with Gasteiger partial charge in [0.2, 0.25) is 0 Å². The van der Waals surface area contributed by atoms with Crippen molar-refractivity contribution in [1.82, 2.24) is 0 Å². The average Bonchev–Trinajstić information content (AvgIpc) is 1.77. The Bertz CT molecular complexity index is 381. The molecule has 0 radical (unpaired) electrons. The summed E-state index contributed by atoms with van der Waals surface area (Å²) in [6.07, 6.45) is 0. The quantitative estimate of drug-likeness (QED) is 0.687. The Kier molecular flexibility index (Phi) is 5.20. The molecule has 0 heterocycles. The monoisotopic (exact) mass is 378 g/mol. The molecule has 0 atom stereocenters. The fraction of sp³-hybridized carbons (Fsp3) is 1.00. The Morgan fingerprint density at radius 2 is 0.867 bits per heavy atom. The number of halogens is 6. The molecule has 0 amide bonds. The van der Waals surface area contributed by atoms with Crippen molar-refractivity contribution in [2.24, 2.45) is 0 Å². The molecular weight excluding hydrogens is 381 g/mol. The molecule has 0 aromatic carbocycles. The van der Waals surface area contributed by atoms with Gasteiger partial charge < -0.3 is 0 Å². The van der Waals surface area contributed by atoms with E-state index in [2.05, 4.69) is 3.63 Å². The SMILES string of the molecule is O=S(=O)(OS(=O)(=O)C(Cl)(Cl)Cl)C(Cl)(Cl)Cl. The van der Waals surface area contributed by atoms with Crippen LogP contribution in [0.15, 0.2) is 0 Å². The molecule has 15 heavy (non-hydrogen) atoms. The van der Waals surface area contributed by atoms with Crippen LogP contribution in [0.4, 0.5) is 0 Å². The predicted octanol–water partition coefficient (Wildman–Crippen LogP) is 2.32. The molecule has 0 saturated carbocycles. The molecule has 92 valence electrons. The van der Waals surface area contributed by atoms with E-state index in [9.17, 15) is 16.8 Å². The van der Waals surface area contributed by atoms with Gasteiger partial charge in [-0.2, -0.15) is 16.8 Å². The Morgan fingerprint density at radius 3 is 1.00 bits per heavy atom. The second-order valence-electron chi connectivity index (χ2n) is 1.87. The standard InChI is InChI=1S/C2Cl6O5S2/c3-1(4,5)14(9,10)13-15(11,12)2(6,7)8. The van der Waals surface area contributed by atoms with E-state index in [0.717, 1.165) is 0 Å². The van der Waals surface area contributed by atoms with Crippen LogP contribution in [0, 0.1) is 0 Å². The first-order valence-electron chi connectivity index (χ1n) is 2.54. The molecule has 0 aliphatic heterocycles. The highest BCUT2D eigenvalue weighted by Gasteiger charge is 2.49. The summed E-state index contributed by atoms with van der Waals surface area (Å²) < 4.78 is 41.2. The third-order valence-electron chi connectivity index (χ3n) is 0.746. The number of alkyl halides is 6. The maximum absolute atomic E-state index is 10.9. The van der Waals surface area contributed by atoms with Crippen molar-refractivity contribution in [3.8, 4) is 0 Å². The van der Waals surface area contributed by atoms with Gasteiger partial charge in [-0.3, -0.25) is 0 Å². The lowest BCUT2D eigenvalue weighted by Crippen LogP contribution is -2.31. The first-order valence-corrected chi connectivity index (χ1v) is 7.63. The van der Waals surface area contributed by atoms with Crippen molar-refractivity contribution >= 4 is 89.8 Å². The highest BCUT2D eigenvalue weighted by atomic mass is 35.6. The topological polar surface area (TPSA) is 77.5 Å². The van der Waals surface area contributed by atoms with Crippen molar-refractivity contribution in [3.63, 3.8) is 0 Å². The lowest BCUT2D eigenvalue weighted by molar-refractivity contribution is 0.462. The van der Waals surface area contributed by atoms with Crippen LogP contribution in [0.1, 0.15) is 0 Å². The molecule has 5 nitrogen and oxygen atoms in total. The summed E-state index contributed by atoms with van der Waals surface area (Å²) in [5, 5.41) is 0. The van der Waals surface area contributed by atoms with Gasteiger partial charge in [0.15, 0.2) is 0 Å². The van der Waals surface area contributed by atoms with Gasteiger partial charge in [0.25, 0.3) is 0 Å². The Balaban J connectivity index is 5.28. The Labute approximate surface area is 116 Å². The summed E-state index contributed by atoms with van der Waals surface area (Å²) in [4.78, 5) is 0. The zero-order chi connectivity index (χ0) is 12.7. The van der Waals surface area contributed by atoms with E-state index in [0.29, 0.717) is 0 Å².